The van der Waals surface area contributed by atoms with Crippen LogP contribution in [0.3, 0.4) is 0 Å². The first-order chi connectivity index (χ1) is 13.2. The lowest BCUT2D eigenvalue weighted by molar-refractivity contribution is -0.131. The number of carbonyl (C=O) groups is 1. The maximum absolute atomic E-state index is 12.5. The van der Waals surface area contributed by atoms with E-state index in [1.165, 1.54) is 56.3 Å². The summed E-state index contributed by atoms with van der Waals surface area (Å²) in [6, 6.07) is 10.3. The van der Waals surface area contributed by atoms with Crippen LogP contribution in [0.25, 0.3) is 0 Å². The molecular weight excluding hydrogens is 332 g/mol. The van der Waals surface area contributed by atoms with Gasteiger partial charge in [-0.25, -0.2) is 0 Å². The van der Waals surface area contributed by atoms with Crippen molar-refractivity contribution in [3.05, 3.63) is 35.4 Å². The molecule has 146 valence electrons. The molecule has 0 bridgehead atoms. The van der Waals surface area contributed by atoms with Crippen LogP contribution in [0.5, 0.6) is 0 Å². The standard InChI is InChI=1S/C24H34N2O/c1-17-3-2-13-25(17)14-12-18-4-6-19(7-5-18)22-11-10-21-15-26(16-23(21)22)24(27)20-8-9-20/h4-7,17,20-23H,2-3,8-16H2,1H3. The van der Waals surface area contributed by atoms with Gasteiger partial charge in [-0.2, -0.15) is 0 Å². The number of hydrogen-bond acceptors (Lipinski definition) is 2. The number of rotatable bonds is 5. The summed E-state index contributed by atoms with van der Waals surface area (Å²) in [5.41, 5.74) is 2.99. The van der Waals surface area contributed by atoms with Gasteiger partial charge in [-0.05, 0) is 87.3 Å². The summed E-state index contributed by atoms with van der Waals surface area (Å²) in [6.07, 6.45) is 8.78. The van der Waals surface area contributed by atoms with Crippen LogP contribution in [0.15, 0.2) is 24.3 Å². The molecule has 2 aliphatic carbocycles. The number of benzene rings is 1. The van der Waals surface area contributed by atoms with Crippen molar-refractivity contribution < 1.29 is 4.79 Å². The maximum atomic E-state index is 12.5. The lowest BCUT2D eigenvalue weighted by Crippen LogP contribution is -2.31. The maximum Gasteiger partial charge on any atom is 0.225 e. The number of likely N-dealkylation sites (tertiary alicyclic amines) is 2. The van der Waals surface area contributed by atoms with E-state index in [-0.39, 0.29) is 0 Å². The number of hydrogen-bond donors (Lipinski definition) is 0. The first-order valence-corrected chi connectivity index (χ1v) is 11.3. The Morgan fingerprint density at radius 1 is 1.04 bits per heavy atom. The topological polar surface area (TPSA) is 23.6 Å². The van der Waals surface area contributed by atoms with E-state index in [1.54, 1.807) is 0 Å². The lowest BCUT2D eigenvalue weighted by atomic mass is 9.86. The van der Waals surface area contributed by atoms with Crippen molar-refractivity contribution in [3.63, 3.8) is 0 Å². The molecule has 3 heteroatoms. The first-order valence-electron chi connectivity index (χ1n) is 11.3. The number of nitrogens with zero attached hydrogens (tertiary/aromatic N) is 2. The summed E-state index contributed by atoms with van der Waals surface area (Å²) in [5, 5.41) is 0. The fourth-order valence-corrected chi connectivity index (χ4v) is 5.98. The van der Waals surface area contributed by atoms with Gasteiger partial charge in [0.25, 0.3) is 0 Å². The van der Waals surface area contributed by atoms with E-state index in [0.29, 0.717) is 23.7 Å². The summed E-state index contributed by atoms with van der Waals surface area (Å²) >= 11 is 0. The largest absolute Gasteiger partial charge is 0.342 e. The second-order valence-electron chi connectivity index (χ2n) is 9.64. The van der Waals surface area contributed by atoms with Gasteiger partial charge in [-0.15, -0.1) is 0 Å². The van der Waals surface area contributed by atoms with Crippen molar-refractivity contribution >= 4 is 5.91 Å². The highest BCUT2D eigenvalue weighted by Gasteiger charge is 2.46. The van der Waals surface area contributed by atoms with Crippen LogP contribution in [-0.2, 0) is 11.2 Å². The molecular formula is C24H34N2O. The third-order valence-electron chi connectivity index (χ3n) is 7.88. The van der Waals surface area contributed by atoms with E-state index in [9.17, 15) is 4.79 Å². The van der Waals surface area contributed by atoms with Crippen molar-refractivity contribution in [3.8, 4) is 0 Å². The average Bonchev–Trinajstić information content (AvgIpc) is 3.13. The zero-order valence-electron chi connectivity index (χ0n) is 16.8. The Morgan fingerprint density at radius 3 is 2.56 bits per heavy atom. The predicted molar refractivity (Wildman–Crippen MR) is 109 cm³/mol. The van der Waals surface area contributed by atoms with Crippen LogP contribution >= 0.6 is 0 Å². The minimum atomic E-state index is 0.375. The molecule has 0 spiro atoms. The molecule has 2 aliphatic heterocycles. The molecule has 1 aromatic rings. The quantitative estimate of drug-likeness (QED) is 0.784. The van der Waals surface area contributed by atoms with E-state index < -0.39 is 0 Å². The minimum absolute atomic E-state index is 0.375. The third-order valence-corrected chi connectivity index (χ3v) is 7.88. The fourth-order valence-electron chi connectivity index (χ4n) is 5.98. The lowest BCUT2D eigenvalue weighted by Gasteiger charge is -2.22. The second-order valence-corrected chi connectivity index (χ2v) is 9.64. The minimum Gasteiger partial charge on any atom is -0.342 e. The highest BCUT2D eigenvalue weighted by molar-refractivity contribution is 5.81. The zero-order chi connectivity index (χ0) is 18.4. The average molecular weight is 367 g/mol. The smallest absolute Gasteiger partial charge is 0.225 e. The number of fused-ring (bicyclic) bond motifs is 1. The molecule has 1 aromatic carbocycles. The SMILES string of the molecule is CC1CCCN1CCc1ccc(C2CCC3CN(C(=O)C4CC4)CC32)cc1. The summed E-state index contributed by atoms with van der Waals surface area (Å²) in [5.74, 6) is 2.94. The molecule has 0 aromatic heterocycles. The molecule has 2 saturated heterocycles. The van der Waals surface area contributed by atoms with Gasteiger partial charge >= 0.3 is 0 Å². The van der Waals surface area contributed by atoms with Gasteiger partial charge in [0, 0.05) is 31.6 Å². The Hall–Kier alpha value is -1.35. The monoisotopic (exact) mass is 366 g/mol. The number of amides is 1. The molecule has 2 heterocycles. The van der Waals surface area contributed by atoms with Gasteiger partial charge in [0.05, 0.1) is 0 Å². The molecule has 4 fully saturated rings. The van der Waals surface area contributed by atoms with Crippen LogP contribution in [0.4, 0.5) is 0 Å². The Balaban J connectivity index is 1.19. The Morgan fingerprint density at radius 2 is 1.85 bits per heavy atom. The Bertz CT molecular complexity index is 680. The van der Waals surface area contributed by atoms with Gasteiger partial charge in [0.2, 0.25) is 5.91 Å². The van der Waals surface area contributed by atoms with Crippen molar-refractivity contribution in [2.45, 2.75) is 63.8 Å². The molecule has 4 unspecified atom stereocenters. The van der Waals surface area contributed by atoms with Crippen molar-refractivity contribution in [1.82, 2.24) is 9.80 Å². The first kappa shape index (κ1) is 17.7. The summed E-state index contributed by atoms with van der Waals surface area (Å²) < 4.78 is 0. The van der Waals surface area contributed by atoms with Crippen LogP contribution < -0.4 is 0 Å². The molecule has 2 saturated carbocycles. The van der Waals surface area contributed by atoms with E-state index in [0.717, 1.165) is 37.9 Å². The van der Waals surface area contributed by atoms with E-state index in [4.69, 9.17) is 0 Å². The van der Waals surface area contributed by atoms with Gasteiger partial charge in [-0.1, -0.05) is 24.3 Å². The van der Waals surface area contributed by atoms with Crippen LogP contribution in [0.1, 0.15) is 62.5 Å². The molecule has 4 atom stereocenters. The van der Waals surface area contributed by atoms with Gasteiger partial charge in [-0.3, -0.25) is 4.79 Å². The van der Waals surface area contributed by atoms with E-state index >= 15 is 0 Å². The highest BCUT2D eigenvalue weighted by atomic mass is 16.2. The normalized spacial score (nSPS) is 33.6. The summed E-state index contributed by atoms with van der Waals surface area (Å²) in [6.45, 7) is 6.89. The Kier molecular flexibility index (Phi) is 4.75. The van der Waals surface area contributed by atoms with Crippen LogP contribution in [0.2, 0.25) is 0 Å². The van der Waals surface area contributed by atoms with Crippen molar-refractivity contribution in [2.24, 2.45) is 17.8 Å². The van der Waals surface area contributed by atoms with Gasteiger partial charge in [0.1, 0.15) is 0 Å². The Labute approximate surface area is 164 Å². The van der Waals surface area contributed by atoms with Crippen LogP contribution in [-0.4, -0.2) is 47.9 Å². The molecule has 5 rings (SSSR count). The molecule has 1 amide bonds. The second kappa shape index (κ2) is 7.24. The molecule has 4 aliphatic rings. The zero-order valence-corrected chi connectivity index (χ0v) is 16.8. The van der Waals surface area contributed by atoms with Crippen LogP contribution in [0, 0.1) is 17.8 Å². The number of carbonyl (C=O) groups excluding carboxylic acids is 1. The van der Waals surface area contributed by atoms with Crippen molar-refractivity contribution in [1.29, 1.82) is 0 Å². The molecule has 0 N–H and O–H groups in total. The molecule has 27 heavy (non-hydrogen) atoms. The van der Waals surface area contributed by atoms with E-state index in [2.05, 4.69) is 41.0 Å². The van der Waals surface area contributed by atoms with Gasteiger partial charge in [0.15, 0.2) is 0 Å². The third kappa shape index (κ3) is 3.55. The highest BCUT2D eigenvalue weighted by Crippen LogP contribution is 2.48. The van der Waals surface area contributed by atoms with Crippen molar-refractivity contribution in [2.75, 3.05) is 26.2 Å². The fraction of sp³-hybridized carbons (Fsp3) is 0.708. The molecule has 0 radical (unpaired) electrons. The van der Waals surface area contributed by atoms with E-state index in [1.807, 2.05) is 0 Å². The predicted octanol–water partition coefficient (Wildman–Crippen LogP) is 4.08. The summed E-state index contributed by atoms with van der Waals surface area (Å²) in [7, 11) is 0. The molecule has 3 nitrogen and oxygen atoms in total. The summed E-state index contributed by atoms with van der Waals surface area (Å²) in [4.78, 5) is 17.3. The van der Waals surface area contributed by atoms with Gasteiger partial charge < -0.3 is 9.80 Å².